The van der Waals surface area contributed by atoms with Crippen LogP contribution in [0.3, 0.4) is 0 Å². The number of piperidine rings is 1. The number of hydrogen-bond donors (Lipinski definition) is 2. The molecule has 0 aromatic heterocycles. The Morgan fingerprint density at radius 3 is 2.58 bits per heavy atom. The number of morpholine rings is 1. The Kier molecular flexibility index (Phi) is 5.82. The standard InChI is InChI=1S/C18H25N3O3/c22-17(16-13-19-8-11-24-16)20-12-14-4-6-15(7-5-14)18(23)21-9-2-1-3-10-21/h4-7,16,19H,1-3,8-13H2,(H,20,22). The normalized spacial score (nSPS) is 21.3. The topological polar surface area (TPSA) is 70.7 Å². The van der Waals surface area contributed by atoms with Crippen molar-refractivity contribution < 1.29 is 14.3 Å². The van der Waals surface area contributed by atoms with Crippen molar-refractivity contribution in [3.8, 4) is 0 Å². The van der Waals surface area contributed by atoms with Crippen LogP contribution in [0.2, 0.25) is 0 Å². The maximum atomic E-state index is 12.4. The quantitative estimate of drug-likeness (QED) is 0.861. The lowest BCUT2D eigenvalue weighted by Crippen LogP contribution is -2.47. The first-order valence-corrected chi connectivity index (χ1v) is 8.72. The summed E-state index contributed by atoms with van der Waals surface area (Å²) < 4.78 is 5.42. The molecule has 0 saturated carbocycles. The average Bonchev–Trinajstić information content (AvgIpc) is 2.67. The van der Waals surface area contributed by atoms with E-state index in [-0.39, 0.29) is 11.8 Å². The fourth-order valence-electron chi connectivity index (χ4n) is 3.08. The first-order valence-electron chi connectivity index (χ1n) is 8.72. The molecule has 0 spiro atoms. The highest BCUT2D eigenvalue weighted by molar-refractivity contribution is 5.94. The van der Waals surface area contributed by atoms with E-state index in [1.54, 1.807) is 0 Å². The Bertz CT molecular complexity index is 561. The summed E-state index contributed by atoms with van der Waals surface area (Å²) in [4.78, 5) is 26.4. The highest BCUT2D eigenvalue weighted by Crippen LogP contribution is 2.14. The lowest BCUT2D eigenvalue weighted by atomic mass is 10.1. The van der Waals surface area contributed by atoms with Gasteiger partial charge in [-0.2, -0.15) is 0 Å². The fraction of sp³-hybridized carbons (Fsp3) is 0.556. The Hall–Kier alpha value is -1.92. The van der Waals surface area contributed by atoms with Crippen molar-refractivity contribution in [3.63, 3.8) is 0 Å². The Morgan fingerprint density at radius 1 is 1.17 bits per heavy atom. The van der Waals surface area contributed by atoms with Crippen LogP contribution in [-0.4, -0.2) is 55.6 Å². The monoisotopic (exact) mass is 331 g/mol. The minimum absolute atomic E-state index is 0.101. The molecule has 0 bridgehead atoms. The van der Waals surface area contributed by atoms with Gasteiger partial charge < -0.3 is 20.3 Å². The van der Waals surface area contributed by atoms with Crippen LogP contribution in [0.5, 0.6) is 0 Å². The van der Waals surface area contributed by atoms with E-state index < -0.39 is 6.10 Å². The van der Waals surface area contributed by atoms with Crippen LogP contribution in [-0.2, 0) is 16.1 Å². The van der Waals surface area contributed by atoms with Crippen LogP contribution in [0.15, 0.2) is 24.3 Å². The third-order valence-electron chi connectivity index (χ3n) is 4.53. The SMILES string of the molecule is O=C(NCc1ccc(C(=O)N2CCCCC2)cc1)C1CNCCO1. The molecule has 1 atom stereocenters. The van der Waals surface area contributed by atoms with E-state index in [1.807, 2.05) is 29.2 Å². The molecule has 0 aliphatic carbocycles. The van der Waals surface area contributed by atoms with Gasteiger partial charge in [0.2, 0.25) is 0 Å². The van der Waals surface area contributed by atoms with Gasteiger partial charge in [0.15, 0.2) is 0 Å². The summed E-state index contributed by atoms with van der Waals surface area (Å²) in [5.41, 5.74) is 1.69. The number of carbonyl (C=O) groups is 2. The molecule has 2 heterocycles. The third-order valence-corrected chi connectivity index (χ3v) is 4.53. The van der Waals surface area contributed by atoms with E-state index in [1.165, 1.54) is 6.42 Å². The zero-order chi connectivity index (χ0) is 16.8. The van der Waals surface area contributed by atoms with Gasteiger partial charge in [-0.05, 0) is 37.0 Å². The molecule has 2 fully saturated rings. The van der Waals surface area contributed by atoms with Crippen molar-refractivity contribution in [3.05, 3.63) is 35.4 Å². The summed E-state index contributed by atoms with van der Waals surface area (Å²) in [7, 11) is 0. The molecule has 0 radical (unpaired) electrons. The van der Waals surface area contributed by atoms with Gasteiger partial charge >= 0.3 is 0 Å². The highest BCUT2D eigenvalue weighted by Gasteiger charge is 2.21. The molecule has 2 amide bonds. The largest absolute Gasteiger partial charge is 0.366 e. The molecule has 1 aromatic rings. The number of carbonyl (C=O) groups excluding carboxylic acids is 2. The van der Waals surface area contributed by atoms with Gasteiger partial charge in [-0.25, -0.2) is 0 Å². The summed E-state index contributed by atoms with van der Waals surface area (Å²) >= 11 is 0. The Morgan fingerprint density at radius 2 is 1.92 bits per heavy atom. The maximum Gasteiger partial charge on any atom is 0.253 e. The van der Waals surface area contributed by atoms with E-state index in [0.29, 0.717) is 25.3 Å². The second kappa shape index (κ2) is 8.26. The first-order chi connectivity index (χ1) is 11.7. The number of likely N-dealkylation sites (tertiary alicyclic amines) is 1. The van der Waals surface area contributed by atoms with Gasteiger partial charge in [0.1, 0.15) is 6.10 Å². The fourth-order valence-corrected chi connectivity index (χ4v) is 3.08. The van der Waals surface area contributed by atoms with E-state index in [2.05, 4.69) is 10.6 Å². The molecule has 1 unspecified atom stereocenters. The van der Waals surface area contributed by atoms with Crippen molar-refractivity contribution in [2.45, 2.75) is 31.9 Å². The van der Waals surface area contributed by atoms with E-state index >= 15 is 0 Å². The van der Waals surface area contributed by atoms with Crippen molar-refractivity contribution in [2.75, 3.05) is 32.8 Å². The van der Waals surface area contributed by atoms with Crippen LogP contribution in [0.4, 0.5) is 0 Å². The van der Waals surface area contributed by atoms with Gasteiger partial charge in [-0.1, -0.05) is 12.1 Å². The van der Waals surface area contributed by atoms with Gasteiger partial charge in [0, 0.05) is 38.3 Å². The van der Waals surface area contributed by atoms with Crippen molar-refractivity contribution in [1.29, 1.82) is 0 Å². The molecule has 2 N–H and O–H groups in total. The van der Waals surface area contributed by atoms with E-state index in [9.17, 15) is 9.59 Å². The third kappa shape index (κ3) is 4.33. The summed E-state index contributed by atoms with van der Waals surface area (Å²) in [6.45, 7) is 4.05. The van der Waals surface area contributed by atoms with Crippen molar-refractivity contribution in [1.82, 2.24) is 15.5 Å². The van der Waals surface area contributed by atoms with Gasteiger partial charge in [-0.15, -0.1) is 0 Å². The average molecular weight is 331 g/mol. The summed E-state index contributed by atoms with van der Waals surface area (Å²) in [6.07, 6.45) is 2.98. The minimum Gasteiger partial charge on any atom is -0.366 e. The molecule has 6 heteroatoms. The van der Waals surface area contributed by atoms with Gasteiger partial charge in [0.05, 0.1) is 6.61 Å². The van der Waals surface area contributed by atoms with E-state index in [0.717, 1.165) is 38.0 Å². The number of amides is 2. The lowest BCUT2D eigenvalue weighted by Gasteiger charge is -2.26. The minimum atomic E-state index is -0.418. The maximum absolute atomic E-state index is 12.4. The summed E-state index contributed by atoms with van der Waals surface area (Å²) in [6, 6.07) is 7.49. The van der Waals surface area contributed by atoms with Crippen LogP contribution in [0.1, 0.15) is 35.2 Å². The molecule has 3 rings (SSSR count). The smallest absolute Gasteiger partial charge is 0.253 e. The molecule has 1 aromatic carbocycles. The molecular formula is C18H25N3O3. The zero-order valence-electron chi connectivity index (χ0n) is 13.9. The van der Waals surface area contributed by atoms with Crippen molar-refractivity contribution >= 4 is 11.8 Å². The van der Waals surface area contributed by atoms with Crippen LogP contribution < -0.4 is 10.6 Å². The first kappa shape index (κ1) is 16.9. The van der Waals surface area contributed by atoms with Crippen molar-refractivity contribution in [2.24, 2.45) is 0 Å². The molecule has 6 nitrogen and oxygen atoms in total. The molecule has 2 aliphatic heterocycles. The number of nitrogens with zero attached hydrogens (tertiary/aromatic N) is 1. The van der Waals surface area contributed by atoms with Crippen LogP contribution in [0, 0.1) is 0 Å². The molecule has 2 saturated heterocycles. The zero-order valence-corrected chi connectivity index (χ0v) is 13.9. The predicted octanol–water partition coefficient (Wildman–Crippen LogP) is 0.917. The molecule has 130 valence electrons. The van der Waals surface area contributed by atoms with Crippen LogP contribution >= 0.6 is 0 Å². The number of hydrogen-bond acceptors (Lipinski definition) is 4. The van der Waals surface area contributed by atoms with E-state index in [4.69, 9.17) is 4.74 Å². The molecule has 2 aliphatic rings. The molecule has 24 heavy (non-hydrogen) atoms. The Balaban J connectivity index is 1.50. The summed E-state index contributed by atoms with van der Waals surface area (Å²) in [5.74, 6) is 0.00244. The Labute approximate surface area is 142 Å². The van der Waals surface area contributed by atoms with Gasteiger partial charge in [-0.3, -0.25) is 9.59 Å². The predicted molar refractivity (Wildman–Crippen MR) is 90.7 cm³/mol. The second-order valence-corrected chi connectivity index (χ2v) is 6.33. The number of benzene rings is 1. The lowest BCUT2D eigenvalue weighted by molar-refractivity contribution is -0.134. The van der Waals surface area contributed by atoms with Gasteiger partial charge in [0.25, 0.3) is 11.8 Å². The molecular weight excluding hydrogens is 306 g/mol. The van der Waals surface area contributed by atoms with Crippen LogP contribution in [0.25, 0.3) is 0 Å². The number of ether oxygens (including phenoxy) is 1. The number of rotatable bonds is 4. The second-order valence-electron chi connectivity index (χ2n) is 6.33. The summed E-state index contributed by atoms with van der Waals surface area (Å²) in [5, 5.41) is 6.02. The highest BCUT2D eigenvalue weighted by atomic mass is 16.5. The number of nitrogens with one attached hydrogen (secondary N) is 2.